The summed E-state index contributed by atoms with van der Waals surface area (Å²) in [6, 6.07) is 0. The van der Waals surface area contributed by atoms with E-state index in [1.54, 1.807) is 20.8 Å². The highest BCUT2D eigenvalue weighted by Gasteiger charge is 2.56. The Balaban J connectivity index is 3.00. The number of hydrogen-bond acceptors (Lipinski definition) is 3. The van der Waals surface area contributed by atoms with Crippen LogP contribution in [-0.4, -0.2) is 16.1 Å². The first-order valence-corrected chi connectivity index (χ1v) is 5.46. The van der Waals surface area contributed by atoms with Crippen molar-refractivity contribution in [1.82, 2.24) is 0 Å². The summed E-state index contributed by atoms with van der Waals surface area (Å²) in [7, 11) is -3.80. The van der Waals surface area contributed by atoms with Gasteiger partial charge in [-0.05, 0) is 27.2 Å². The summed E-state index contributed by atoms with van der Waals surface area (Å²) in [6.07, 6.45) is 0.643. The summed E-state index contributed by atoms with van der Waals surface area (Å²) in [5.41, 5.74) is -1.37. The summed E-state index contributed by atoms with van der Waals surface area (Å²) in [4.78, 5) is 9.11. The minimum atomic E-state index is -3.80. The van der Waals surface area contributed by atoms with Gasteiger partial charge in [-0.15, -0.1) is 0 Å². The molecule has 0 radical (unpaired) electrons. The Labute approximate surface area is 72.5 Å². The van der Waals surface area contributed by atoms with Crippen LogP contribution in [0.25, 0.3) is 0 Å². The highest BCUT2D eigenvalue weighted by Crippen LogP contribution is 2.62. The highest BCUT2D eigenvalue weighted by molar-refractivity contribution is 7.47. The van der Waals surface area contributed by atoms with E-state index in [-0.39, 0.29) is 0 Å². The van der Waals surface area contributed by atoms with Gasteiger partial charge in [0.2, 0.25) is 0 Å². The van der Waals surface area contributed by atoms with Crippen molar-refractivity contribution < 1.29 is 18.5 Å². The molecule has 0 aromatic rings. The van der Waals surface area contributed by atoms with Crippen LogP contribution in [0.4, 0.5) is 0 Å². The molecule has 2 unspecified atom stereocenters. The van der Waals surface area contributed by atoms with E-state index in [0.717, 1.165) is 0 Å². The van der Waals surface area contributed by atoms with Gasteiger partial charge in [0, 0.05) is 0 Å². The number of rotatable bonds is 1. The van der Waals surface area contributed by atoms with Crippen molar-refractivity contribution in [2.45, 2.75) is 45.3 Å². The van der Waals surface area contributed by atoms with Gasteiger partial charge in [-0.2, -0.15) is 0 Å². The lowest BCUT2D eigenvalue weighted by Gasteiger charge is -2.31. The lowest BCUT2D eigenvalue weighted by Crippen LogP contribution is -2.44. The lowest BCUT2D eigenvalue weighted by molar-refractivity contribution is -0.0119. The Kier molecular flexibility index (Phi) is 2.16. The molecule has 1 heterocycles. The molecule has 72 valence electrons. The van der Waals surface area contributed by atoms with Gasteiger partial charge in [-0.25, -0.2) is 4.57 Å². The molecule has 1 rings (SSSR count). The minimum Gasteiger partial charge on any atom is -0.302 e. The van der Waals surface area contributed by atoms with Gasteiger partial charge < -0.3 is 4.89 Å². The van der Waals surface area contributed by atoms with Gasteiger partial charge in [-0.3, -0.25) is 9.05 Å². The zero-order valence-electron chi connectivity index (χ0n) is 7.83. The monoisotopic (exact) mass is 194 g/mol. The van der Waals surface area contributed by atoms with Crippen LogP contribution >= 0.6 is 7.82 Å². The third-order valence-corrected chi connectivity index (χ3v) is 3.93. The van der Waals surface area contributed by atoms with Crippen LogP contribution in [-0.2, 0) is 13.6 Å². The second kappa shape index (κ2) is 2.55. The van der Waals surface area contributed by atoms with E-state index in [0.29, 0.717) is 6.42 Å². The average molecular weight is 194 g/mol. The fourth-order valence-electron chi connectivity index (χ4n) is 1.26. The molecular weight excluding hydrogens is 179 g/mol. The molecule has 1 aliphatic rings. The van der Waals surface area contributed by atoms with Gasteiger partial charge >= 0.3 is 7.82 Å². The van der Waals surface area contributed by atoms with E-state index >= 15 is 0 Å². The molecule has 0 bridgehead atoms. The zero-order valence-corrected chi connectivity index (χ0v) is 8.72. The van der Waals surface area contributed by atoms with E-state index in [4.69, 9.17) is 13.9 Å². The summed E-state index contributed by atoms with van der Waals surface area (Å²) in [5, 5.41) is 0. The van der Waals surface area contributed by atoms with Gasteiger partial charge in [-0.1, -0.05) is 6.92 Å². The molecule has 0 spiro atoms. The molecule has 4 nitrogen and oxygen atoms in total. The van der Waals surface area contributed by atoms with Crippen LogP contribution in [0, 0.1) is 0 Å². The quantitative estimate of drug-likeness (QED) is 0.649. The predicted octanol–water partition coefficient (Wildman–Crippen LogP) is 2.08. The van der Waals surface area contributed by atoms with Crippen LogP contribution in [0.2, 0.25) is 0 Å². The van der Waals surface area contributed by atoms with Crippen molar-refractivity contribution in [3.63, 3.8) is 0 Å². The molecule has 1 saturated heterocycles. The third-order valence-electron chi connectivity index (χ3n) is 2.61. The Bertz CT molecular complexity index is 238. The normalized spacial score (nSPS) is 46.4. The predicted molar refractivity (Wildman–Crippen MR) is 44.8 cm³/mol. The molecule has 0 amide bonds. The molecule has 0 aromatic carbocycles. The zero-order chi connectivity index (χ0) is 9.62. The highest BCUT2D eigenvalue weighted by atomic mass is 31.2. The Hall–Kier alpha value is 0.110. The summed E-state index contributed by atoms with van der Waals surface area (Å²) in [6.45, 7) is 7.19. The van der Waals surface area contributed by atoms with E-state index in [1.165, 1.54) is 0 Å². The molecule has 0 aromatic heterocycles. The molecule has 0 aliphatic carbocycles. The van der Waals surface area contributed by atoms with Gasteiger partial charge in [0.15, 0.2) is 0 Å². The molecular formula is C7H15O4P. The van der Waals surface area contributed by atoms with E-state index in [2.05, 4.69) is 0 Å². The number of hydrogen-bond donors (Lipinski definition) is 1. The van der Waals surface area contributed by atoms with Crippen LogP contribution in [0.15, 0.2) is 0 Å². The minimum absolute atomic E-state index is 0.643. The fraction of sp³-hybridized carbons (Fsp3) is 1.00. The molecule has 1 aliphatic heterocycles. The van der Waals surface area contributed by atoms with Gasteiger partial charge in [0.05, 0.1) is 0 Å². The number of phosphoric ester groups is 1. The first-order chi connectivity index (χ1) is 5.22. The average Bonchev–Trinajstić information content (AvgIpc) is 1.98. The first kappa shape index (κ1) is 10.2. The second-order valence-electron chi connectivity index (χ2n) is 3.75. The topological polar surface area (TPSA) is 55.8 Å². The van der Waals surface area contributed by atoms with Crippen LogP contribution in [0.3, 0.4) is 0 Å². The molecule has 1 fully saturated rings. The number of phosphoric acid groups is 1. The Morgan fingerprint density at radius 1 is 1.33 bits per heavy atom. The van der Waals surface area contributed by atoms with Crippen molar-refractivity contribution in [3.05, 3.63) is 0 Å². The van der Waals surface area contributed by atoms with Crippen molar-refractivity contribution in [2.75, 3.05) is 0 Å². The maximum absolute atomic E-state index is 11.1. The van der Waals surface area contributed by atoms with Gasteiger partial charge in [0.1, 0.15) is 11.2 Å². The van der Waals surface area contributed by atoms with Crippen molar-refractivity contribution in [3.8, 4) is 0 Å². The molecule has 5 heteroatoms. The maximum Gasteiger partial charge on any atom is 0.473 e. The lowest BCUT2D eigenvalue weighted by atomic mass is 9.86. The van der Waals surface area contributed by atoms with Crippen molar-refractivity contribution >= 4 is 7.82 Å². The summed E-state index contributed by atoms with van der Waals surface area (Å²) >= 11 is 0. The molecule has 1 N–H and O–H groups in total. The molecule has 12 heavy (non-hydrogen) atoms. The smallest absolute Gasteiger partial charge is 0.302 e. The fourth-order valence-corrected chi connectivity index (χ4v) is 2.92. The van der Waals surface area contributed by atoms with E-state index in [9.17, 15) is 4.57 Å². The first-order valence-electron chi connectivity index (χ1n) is 3.97. The Morgan fingerprint density at radius 2 is 1.83 bits per heavy atom. The standard InChI is InChI=1S/C7H15O4P/c1-5-7(4)6(2,3)10-12(8,9)11-7/h5H2,1-4H3,(H,8,9). The molecule has 2 atom stereocenters. The summed E-state index contributed by atoms with van der Waals surface area (Å²) < 4.78 is 21.0. The van der Waals surface area contributed by atoms with E-state index in [1.807, 2.05) is 6.92 Å². The van der Waals surface area contributed by atoms with Crippen LogP contribution in [0.5, 0.6) is 0 Å². The maximum atomic E-state index is 11.1. The SMILES string of the molecule is CCC1(C)OP(=O)(O)OC1(C)C. The van der Waals surface area contributed by atoms with E-state index < -0.39 is 19.0 Å². The van der Waals surface area contributed by atoms with Gasteiger partial charge in [0.25, 0.3) is 0 Å². The Morgan fingerprint density at radius 3 is 2.00 bits per heavy atom. The third kappa shape index (κ3) is 1.44. The summed E-state index contributed by atoms with van der Waals surface area (Å²) in [5.74, 6) is 0. The van der Waals surface area contributed by atoms with Crippen LogP contribution in [0.1, 0.15) is 34.1 Å². The van der Waals surface area contributed by atoms with Crippen molar-refractivity contribution in [2.24, 2.45) is 0 Å². The molecule has 0 saturated carbocycles. The largest absolute Gasteiger partial charge is 0.473 e. The second-order valence-corrected chi connectivity index (χ2v) is 5.05. The van der Waals surface area contributed by atoms with Crippen molar-refractivity contribution in [1.29, 1.82) is 0 Å². The van der Waals surface area contributed by atoms with Crippen LogP contribution < -0.4 is 0 Å².